The van der Waals surface area contributed by atoms with Crippen molar-refractivity contribution >= 4 is 29.9 Å². The number of hydrogen-bond acceptors (Lipinski definition) is 2. The molecule has 0 unspecified atom stereocenters. The van der Waals surface area contributed by atoms with E-state index in [1.807, 2.05) is 19.1 Å². The van der Waals surface area contributed by atoms with Crippen molar-refractivity contribution in [2.45, 2.75) is 58.3 Å². The lowest BCUT2D eigenvalue weighted by atomic mass is 10.1. The third-order valence-electron chi connectivity index (χ3n) is 4.66. The lowest BCUT2D eigenvalue weighted by molar-refractivity contribution is -0.132. The number of halogens is 4. The first-order chi connectivity index (χ1) is 13.0. The molecule has 1 fully saturated rings. The summed E-state index contributed by atoms with van der Waals surface area (Å²) < 4.78 is 37.0. The van der Waals surface area contributed by atoms with Crippen molar-refractivity contribution < 1.29 is 13.2 Å². The SMILES string of the molecule is CCNC(=NCc1ccccc1CN1CCCCCC1)NCCC(F)(F)F.I. The molecule has 2 rings (SSSR count). The van der Waals surface area contributed by atoms with Crippen LogP contribution in [0.25, 0.3) is 0 Å². The zero-order valence-corrected chi connectivity index (χ0v) is 18.9. The average molecular weight is 512 g/mol. The Labute approximate surface area is 183 Å². The van der Waals surface area contributed by atoms with Gasteiger partial charge in [0, 0.05) is 19.6 Å². The van der Waals surface area contributed by atoms with Crippen molar-refractivity contribution in [1.29, 1.82) is 0 Å². The maximum atomic E-state index is 12.3. The van der Waals surface area contributed by atoms with Gasteiger partial charge in [-0.05, 0) is 44.0 Å². The summed E-state index contributed by atoms with van der Waals surface area (Å²) in [6, 6.07) is 8.20. The molecule has 0 radical (unpaired) electrons. The number of guanidine groups is 1. The molecule has 0 bridgehead atoms. The Balaban J connectivity index is 0.00000392. The van der Waals surface area contributed by atoms with Crippen LogP contribution in [0.3, 0.4) is 0 Å². The van der Waals surface area contributed by atoms with Gasteiger partial charge in [-0.3, -0.25) is 4.90 Å². The number of rotatable bonds is 7. The first-order valence-electron chi connectivity index (χ1n) is 9.86. The van der Waals surface area contributed by atoms with Crippen LogP contribution in [0, 0.1) is 0 Å². The molecule has 0 aromatic heterocycles. The minimum Gasteiger partial charge on any atom is -0.357 e. The zero-order valence-electron chi connectivity index (χ0n) is 16.5. The molecular weight excluding hydrogens is 480 g/mol. The summed E-state index contributed by atoms with van der Waals surface area (Å²) in [7, 11) is 0. The molecule has 0 amide bonds. The van der Waals surface area contributed by atoms with E-state index in [1.165, 1.54) is 31.2 Å². The molecular formula is C20H32F3IN4. The van der Waals surface area contributed by atoms with Crippen molar-refractivity contribution in [1.82, 2.24) is 15.5 Å². The van der Waals surface area contributed by atoms with Gasteiger partial charge in [-0.25, -0.2) is 4.99 Å². The Morgan fingerprint density at radius 1 is 1.04 bits per heavy atom. The Bertz CT molecular complexity index is 585. The summed E-state index contributed by atoms with van der Waals surface area (Å²) in [6.45, 7) is 5.93. The van der Waals surface area contributed by atoms with E-state index in [4.69, 9.17) is 0 Å². The molecule has 1 aromatic carbocycles. The number of nitrogens with zero attached hydrogens (tertiary/aromatic N) is 2. The largest absolute Gasteiger partial charge is 0.390 e. The standard InChI is InChI=1S/C20H31F3N4.HI/c1-2-24-19(25-12-11-20(21,22)23)26-15-17-9-5-6-10-18(17)16-27-13-7-3-4-8-14-27;/h5-6,9-10H,2-4,7-8,11-16H2,1H3,(H2,24,25,26);1H. The van der Waals surface area contributed by atoms with Crippen LogP contribution in [0.15, 0.2) is 29.3 Å². The highest BCUT2D eigenvalue weighted by Gasteiger charge is 2.26. The van der Waals surface area contributed by atoms with Gasteiger partial charge in [0.2, 0.25) is 0 Å². The lowest BCUT2D eigenvalue weighted by Crippen LogP contribution is -2.38. The molecule has 0 spiro atoms. The second kappa shape index (κ2) is 13.2. The molecule has 2 N–H and O–H groups in total. The van der Waals surface area contributed by atoms with Gasteiger partial charge < -0.3 is 10.6 Å². The first kappa shape index (κ1) is 25.0. The number of benzene rings is 1. The highest BCUT2D eigenvalue weighted by molar-refractivity contribution is 14.0. The van der Waals surface area contributed by atoms with Gasteiger partial charge in [0.15, 0.2) is 5.96 Å². The van der Waals surface area contributed by atoms with Gasteiger partial charge in [-0.15, -0.1) is 24.0 Å². The molecule has 1 saturated heterocycles. The normalized spacial score (nSPS) is 16.2. The van der Waals surface area contributed by atoms with Crippen LogP contribution in [0.5, 0.6) is 0 Å². The minimum atomic E-state index is -4.16. The monoisotopic (exact) mass is 512 g/mol. The second-order valence-electron chi connectivity index (χ2n) is 6.95. The second-order valence-corrected chi connectivity index (χ2v) is 6.95. The fourth-order valence-electron chi connectivity index (χ4n) is 3.23. The summed E-state index contributed by atoms with van der Waals surface area (Å²) in [5.74, 6) is 0.423. The van der Waals surface area contributed by atoms with E-state index in [0.29, 0.717) is 19.0 Å². The number of aliphatic imine (C=N–C) groups is 1. The molecule has 1 aromatic rings. The van der Waals surface area contributed by atoms with Crippen LogP contribution >= 0.6 is 24.0 Å². The number of alkyl halides is 3. The fourth-order valence-corrected chi connectivity index (χ4v) is 3.23. The van der Waals surface area contributed by atoms with Crippen molar-refractivity contribution in [2.24, 2.45) is 4.99 Å². The predicted octanol–water partition coefficient (Wildman–Crippen LogP) is 4.69. The summed E-state index contributed by atoms with van der Waals surface area (Å²) in [5.41, 5.74) is 2.36. The van der Waals surface area contributed by atoms with E-state index >= 15 is 0 Å². The van der Waals surface area contributed by atoms with Gasteiger partial charge in [0.25, 0.3) is 0 Å². The molecule has 160 valence electrons. The fraction of sp³-hybridized carbons (Fsp3) is 0.650. The smallest absolute Gasteiger partial charge is 0.357 e. The summed E-state index contributed by atoms with van der Waals surface area (Å²) in [5, 5.41) is 5.77. The first-order valence-corrected chi connectivity index (χ1v) is 9.86. The highest BCUT2D eigenvalue weighted by Crippen LogP contribution is 2.18. The molecule has 8 heteroatoms. The Morgan fingerprint density at radius 2 is 1.68 bits per heavy atom. The molecule has 0 saturated carbocycles. The Hall–Kier alpha value is -1.03. The van der Waals surface area contributed by atoms with E-state index in [-0.39, 0.29) is 30.5 Å². The lowest BCUT2D eigenvalue weighted by Gasteiger charge is -2.21. The number of nitrogens with one attached hydrogen (secondary N) is 2. The quantitative estimate of drug-likeness (QED) is 0.317. The van der Waals surface area contributed by atoms with Gasteiger partial charge in [-0.2, -0.15) is 13.2 Å². The highest BCUT2D eigenvalue weighted by atomic mass is 127. The molecule has 1 aliphatic heterocycles. The molecule has 28 heavy (non-hydrogen) atoms. The van der Waals surface area contributed by atoms with Gasteiger partial charge in [0.05, 0.1) is 13.0 Å². The van der Waals surface area contributed by atoms with Crippen molar-refractivity contribution in [3.05, 3.63) is 35.4 Å². The van der Waals surface area contributed by atoms with Gasteiger partial charge >= 0.3 is 6.18 Å². The van der Waals surface area contributed by atoms with Crippen LogP contribution in [0.1, 0.15) is 50.2 Å². The van der Waals surface area contributed by atoms with Gasteiger partial charge in [-0.1, -0.05) is 37.1 Å². The van der Waals surface area contributed by atoms with E-state index < -0.39 is 12.6 Å². The summed E-state index contributed by atoms with van der Waals surface area (Å²) in [6.07, 6.45) is 0.0607. The minimum absolute atomic E-state index is 0. The Morgan fingerprint density at radius 3 is 2.29 bits per heavy atom. The van der Waals surface area contributed by atoms with Crippen LogP contribution in [-0.2, 0) is 13.1 Å². The molecule has 4 nitrogen and oxygen atoms in total. The molecule has 1 heterocycles. The maximum Gasteiger partial charge on any atom is 0.390 e. The van der Waals surface area contributed by atoms with Crippen LogP contribution in [0.4, 0.5) is 13.2 Å². The van der Waals surface area contributed by atoms with E-state index in [9.17, 15) is 13.2 Å². The van der Waals surface area contributed by atoms with Crippen molar-refractivity contribution in [3.8, 4) is 0 Å². The molecule has 0 atom stereocenters. The summed E-state index contributed by atoms with van der Waals surface area (Å²) >= 11 is 0. The van der Waals surface area contributed by atoms with Crippen LogP contribution in [-0.4, -0.2) is 43.2 Å². The molecule has 0 aliphatic carbocycles. The average Bonchev–Trinajstić information content (AvgIpc) is 2.88. The number of hydrogen-bond donors (Lipinski definition) is 2. The third-order valence-corrected chi connectivity index (χ3v) is 4.66. The van der Waals surface area contributed by atoms with Crippen molar-refractivity contribution in [2.75, 3.05) is 26.2 Å². The van der Waals surface area contributed by atoms with E-state index in [1.54, 1.807) is 0 Å². The summed E-state index contributed by atoms with van der Waals surface area (Å²) in [4.78, 5) is 6.97. The number of likely N-dealkylation sites (tertiary alicyclic amines) is 1. The van der Waals surface area contributed by atoms with Crippen molar-refractivity contribution in [3.63, 3.8) is 0 Å². The van der Waals surface area contributed by atoms with Gasteiger partial charge in [0.1, 0.15) is 0 Å². The topological polar surface area (TPSA) is 39.7 Å². The van der Waals surface area contributed by atoms with Crippen LogP contribution < -0.4 is 10.6 Å². The third kappa shape index (κ3) is 9.95. The molecule has 1 aliphatic rings. The van der Waals surface area contributed by atoms with E-state index in [2.05, 4.69) is 32.7 Å². The van der Waals surface area contributed by atoms with Crippen LogP contribution in [0.2, 0.25) is 0 Å². The Kier molecular flexibility index (Phi) is 11.8. The van der Waals surface area contributed by atoms with E-state index in [0.717, 1.165) is 25.2 Å². The maximum absolute atomic E-state index is 12.3. The predicted molar refractivity (Wildman–Crippen MR) is 119 cm³/mol. The zero-order chi connectivity index (χ0) is 19.5.